The van der Waals surface area contributed by atoms with Gasteiger partial charge in [-0.05, 0) is 25.3 Å². The normalized spacial score (nSPS) is 17.9. The first-order valence-electron chi connectivity index (χ1n) is 4.90. The summed E-state index contributed by atoms with van der Waals surface area (Å²) >= 11 is 0. The lowest BCUT2D eigenvalue weighted by atomic mass is 9.95. The van der Waals surface area contributed by atoms with Crippen LogP contribution in [0.25, 0.3) is 0 Å². The van der Waals surface area contributed by atoms with Gasteiger partial charge in [0.25, 0.3) is 0 Å². The maximum Gasteiger partial charge on any atom is 0.159 e. The molecule has 0 aromatic heterocycles. The van der Waals surface area contributed by atoms with Crippen molar-refractivity contribution in [2.24, 2.45) is 0 Å². The van der Waals surface area contributed by atoms with Crippen LogP contribution in [0.5, 0.6) is 0 Å². The van der Waals surface area contributed by atoms with Crippen molar-refractivity contribution >= 4 is 5.78 Å². The van der Waals surface area contributed by atoms with Crippen molar-refractivity contribution in [3.8, 4) is 0 Å². The summed E-state index contributed by atoms with van der Waals surface area (Å²) in [5, 5.41) is 9.22. The molecule has 14 heavy (non-hydrogen) atoms. The van der Waals surface area contributed by atoms with Crippen LogP contribution in [0, 0.1) is 0 Å². The molecule has 0 heterocycles. The summed E-state index contributed by atoms with van der Waals surface area (Å²) in [6.45, 7) is 1.78. The van der Waals surface area contributed by atoms with Gasteiger partial charge in [0.2, 0.25) is 0 Å². The van der Waals surface area contributed by atoms with Crippen LogP contribution >= 0.6 is 0 Å². The second kappa shape index (κ2) is 3.21. The second-order valence-corrected chi connectivity index (χ2v) is 4.07. The predicted molar refractivity (Wildman–Crippen MR) is 54.4 cm³/mol. The Labute approximate surface area is 83.6 Å². The Morgan fingerprint density at radius 1 is 1.36 bits per heavy atom. The third-order valence-corrected chi connectivity index (χ3v) is 3.06. The highest BCUT2D eigenvalue weighted by Gasteiger charge is 2.43. The minimum atomic E-state index is 0.00925. The molecule has 2 heteroatoms. The van der Waals surface area contributed by atoms with Gasteiger partial charge in [-0.15, -0.1) is 0 Å². The van der Waals surface area contributed by atoms with Gasteiger partial charge >= 0.3 is 0 Å². The van der Waals surface area contributed by atoms with Crippen LogP contribution in [0.2, 0.25) is 0 Å². The third-order valence-electron chi connectivity index (χ3n) is 3.06. The van der Waals surface area contributed by atoms with E-state index in [1.54, 1.807) is 6.92 Å². The van der Waals surface area contributed by atoms with Gasteiger partial charge in [0.1, 0.15) is 0 Å². The summed E-state index contributed by atoms with van der Waals surface area (Å²) < 4.78 is 0. The average molecular weight is 190 g/mol. The third kappa shape index (κ3) is 1.46. The number of Topliss-reactive ketones (excluding diaryl/α,β-unsaturated/α-hetero) is 1. The zero-order valence-corrected chi connectivity index (χ0v) is 8.29. The highest BCUT2D eigenvalue weighted by molar-refractivity contribution is 5.94. The molecule has 0 spiro atoms. The van der Waals surface area contributed by atoms with Crippen LogP contribution in [0.15, 0.2) is 24.3 Å². The Bertz CT molecular complexity index is 347. The lowest BCUT2D eigenvalue weighted by Crippen LogP contribution is -2.11. The lowest BCUT2D eigenvalue weighted by molar-refractivity contribution is 0.101. The first-order chi connectivity index (χ1) is 6.68. The summed E-state index contributed by atoms with van der Waals surface area (Å²) in [7, 11) is 0. The van der Waals surface area contributed by atoms with Gasteiger partial charge in [-0.3, -0.25) is 4.79 Å². The zero-order chi connectivity index (χ0) is 10.2. The van der Waals surface area contributed by atoms with Crippen molar-refractivity contribution in [1.29, 1.82) is 0 Å². The van der Waals surface area contributed by atoms with Crippen LogP contribution in [-0.2, 0) is 5.41 Å². The molecule has 0 bridgehead atoms. The van der Waals surface area contributed by atoms with Crippen molar-refractivity contribution in [2.75, 3.05) is 6.61 Å². The van der Waals surface area contributed by atoms with Gasteiger partial charge in [0, 0.05) is 11.0 Å². The SMILES string of the molecule is CC(=O)c1ccc(C2(CO)CC2)cc1. The molecule has 0 atom stereocenters. The Morgan fingerprint density at radius 3 is 2.29 bits per heavy atom. The molecular formula is C12H14O2. The van der Waals surface area contributed by atoms with E-state index in [1.165, 1.54) is 0 Å². The topological polar surface area (TPSA) is 37.3 Å². The maximum atomic E-state index is 11.0. The van der Waals surface area contributed by atoms with Crippen molar-refractivity contribution in [1.82, 2.24) is 0 Å². The van der Waals surface area contributed by atoms with Gasteiger partial charge in [0.15, 0.2) is 5.78 Å². The van der Waals surface area contributed by atoms with Crippen LogP contribution in [0.1, 0.15) is 35.7 Å². The standard InChI is InChI=1S/C12H14O2/c1-9(14)10-2-4-11(5-3-10)12(8-13)6-7-12/h2-5,13H,6-8H2,1H3. The maximum absolute atomic E-state index is 11.0. The monoisotopic (exact) mass is 190 g/mol. The van der Waals surface area contributed by atoms with Crippen molar-refractivity contribution in [3.63, 3.8) is 0 Å². The van der Waals surface area contributed by atoms with Crippen LogP contribution in [0.4, 0.5) is 0 Å². The smallest absolute Gasteiger partial charge is 0.159 e. The fraction of sp³-hybridized carbons (Fsp3) is 0.417. The first kappa shape index (κ1) is 9.41. The van der Waals surface area contributed by atoms with Gasteiger partial charge < -0.3 is 5.11 Å². The number of hydrogen-bond donors (Lipinski definition) is 1. The van der Waals surface area contributed by atoms with E-state index in [2.05, 4.69) is 0 Å². The molecule has 74 valence electrons. The number of benzene rings is 1. The van der Waals surface area contributed by atoms with E-state index in [4.69, 9.17) is 0 Å². The zero-order valence-electron chi connectivity index (χ0n) is 8.29. The molecular weight excluding hydrogens is 176 g/mol. The van der Waals surface area contributed by atoms with Gasteiger partial charge in [-0.1, -0.05) is 24.3 Å². The molecule has 0 saturated heterocycles. The molecule has 1 fully saturated rings. The summed E-state index contributed by atoms with van der Waals surface area (Å²) in [5.74, 6) is 0.0883. The van der Waals surface area contributed by atoms with Gasteiger partial charge in [-0.25, -0.2) is 0 Å². The van der Waals surface area contributed by atoms with E-state index >= 15 is 0 Å². The van der Waals surface area contributed by atoms with Crippen LogP contribution < -0.4 is 0 Å². The lowest BCUT2D eigenvalue weighted by Gasteiger charge is -2.11. The number of carbonyl (C=O) groups excluding carboxylic acids is 1. The van der Waals surface area contributed by atoms with E-state index in [1.807, 2.05) is 24.3 Å². The number of ketones is 1. The number of rotatable bonds is 3. The second-order valence-electron chi connectivity index (χ2n) is 4.07. The number of aliphatic hydroxyl groups excluding tert-OH is 1. The Morgan fingerprint density at radius 2 is 1.93 bits per heavy atom. The Kier molecular flexibility index (Phi) is 2.16. The highest BCUT2D eigenvalue weighted by Crippen LogP contribution is 2.47. The molecule has 1 aromatic carbocycles. The molecule has 0 unspecified atom stereocenters. The molecule has 0 amide bonds. The fourth-order valence-electron chi connectivity index (χ4n) is 1.75. The van der Waals surface area contributed by atoms with E-state index in [-0.39, 0.29) is 17.8 Å². The summed E-state index contributed by atoms with van der Waals surface area (Å²) in [5.41, 5.74) is 1.91. The summed E-state index contributed by atoms with van der Waals surface area (Å²) in [4.78, 5) is 11.0. The van der Waals surface area contributed by atoms with E-state index in [0.29, 0.717) is 0 Å². The van der Waals surface area contributed by atoms with Crippen LogP contribution in [0.3, 0.4) is 0 Å². The van der Waals surface area contributed by atoms with Crippen molar-refractivity contribution in [2.45, 2.75) is 25.2 Å². The summed E-state index contributed by atoms with van der Waals surface area (Å²) in [6.07, 6.45) is 2.12. The average Bonchev–Trinajstić information content (AvgIpc) is 2.99. The molecule has 1 saturated carbocycles. The number of hydrogen-bond acceptors (Lipinski definition) is 2. The largest absolute Gasteiger partial charge is 0.395 e. The highest BCUT2D eigenvalue weighted by atomic mass is 16.3. The molecule has 2 nitrogen and oxygen atoms in total. The number of aliphatic hydroxyl groups is 1. The van der Waals surface area contributed by atoms with E-state index in [9.17, 15) is 9.90 Å². The quantitative estimate of drug-likeness (QED) is 0.739. The minimum Gasteiger partial charge on any atom is -0.395 e. The number of carbonyl (C=O) groups is 1. The molecule has 1 aliphatic rings. The molecule has 1 aromatic rings. The van der Waals surface area contributed by atoms with Gasteiger partial charge in [0.05, 0.1) is 6.61 Å². The Balaban J connectivity index is 2.26. The first-order valence-corrected chi connectivity index (χ1v) is 4.90. The minimum absolute atomic E-state index is 0.00925. The summed E-state index contributed by atoms with van der Waals surface area (Å²) in [6, 6.07) is 7.60. The van der Waals surface area contributed by atoms with E-state index < -0.39 is 0 Å². The van der Waals surface area contributed by atoms with Crippen LogP contribution in [-0.4, -0.2) is 17.5 Å². The van der Waals surface area contributed by atoms with Gasteiger partial charge in [-0.2, -0.15) is 0 Å². The molecule has 0 radical (unpaired) electrons. The predicted octanol–water partition coefficient (Wildman–Crippen LogP) is 1.91. The van der Waals surface area contributed by atoms with E-state index in [0.717, 1.165) is 24.0 Å². The molecule has 1 aliphatic carbocycles. The fourth-order valence-corrected chi connectivity index (χ4v) is 1.75. The molecule has 2 rings (SSSR count). The Hall–Kier alpha value is -1.15. The molecule has 0 aliphatic heterocycles. The van der Waals surface area contributed by atoms with Crippen molar-refractivity contribution < 1.29 is 9.90 Å². The molecule has 1 N–H and O–H groups in total. The van der Waals surface area contributed by atoms with Crippen molar-refractivity contribution in [3.05, 3.63) is 35.4 Å².